The molecule has 1 N–H and O–H groups in total. The maximum absolute atomic E-state index is 12.6. The Labute approximate surface area is 123 Å². The van der Waals surface area contributed by atoms with E-state index in [1.54, 1.807) is 13.0 Å². The van der Waals surface area contributed by atoms with Gasteiger partial charge in [-0.25, -0.2) is 4.79 Å². The Hall–Kier alpha value is -2.20. The van der Waals surface area contributed by atoms with Gasteiger partial charge in [0.1, 0.15) is 6.07 Å². The van der Waals surface area contributed by atoms with Gasteiger partial charge in [-0.3, -0.25) is 0 Å². The Kier molecular flexibility index (Phi) is 5.61. The van der Waals surface area contributed by atoms with Gasteiger partial charge in [-0.1, -0.05) is 11.6 Å². The smallest absolute Gasteiger partial charge is 0.416 e. The first kappa shape index (κ1) is 16.9. The predicted molar refractivity (Wildman–Crippen MR) is 70.4 cm³/mol. The monoisotopic (exact) mass is 318 g/mol. The van der Waals surface area contributed by atoms with Gasteiger partial charge >= 0.3 is 12.1 Å². The van der Waals surface area contributed by atoms with Crippen LogP contribution in [0.4, 0.5) is 18.9 Å². The van der Waals surface area contributed by atoms with Crippen molar-refractivity contribution in [2.24, 2.45) is 0 Å². The van der Waals surface area contributed by atoms with E-state index in [0.717, 1.165) is 24.4 Å². The fourth-order valence-corrected chi connectivity index (χ4v) is 1.48. The Morgan fingerprint density at radius 3 is 2.71 bits per heavy atom. The SMILES string of the molecule is CCOC(=O)C(C#N)=CNc1cc(C(F)(F)F)ccc1Cl. The first-order valence-corrected chi connectivity index (χ1v) is 6.08. The average Bonchev–Trinajstić information content (AvgIpc) is 2.40. The molecular formula is C13H10ClF3N2O2. The van der Waals surface area contributed by atoms with Crippen molar-refractivity contribution >= 4 is 23.3 Å². The number of nitrogens with one attached hydrogen (secondary N) is 1. The molecule has 0 saturated heterocycles. The number of ether oxygens (including phenoxy) is 1. The summed E-state index contributed by atoms with van der Waals surface area (Å²) in [6.45, 7) is 1.63. The molecule has 0 atom stereocenters. The highest BCUT2D eigenvalue weighted by molar-refractivity contribution is 6.33. The van der Waals surface area contributed by atoms with Crippen LogP contribution in [0.3, 0.4) is 0 Å². The predicted octanol–water partition coefficient (Wildman–Crippen LogP) is 3.74. The van der Waals surface area contributed by atoms with Crippen LogP contribution in [-0.4, -0.2) is 12.6 Å². The lowest BCUT2D eigenvalue weighted by molar-refractivity contribution is -0.138. The normalized spacial score (nSPS) is 11.7. The zero-order chi connectivity index (χ0) is 16.0. The van der Waals surface area contributed by atoms with Crippen LogP contribution in [0.15, 0.2) is 30.0 Å². The number of rotatable bonds is 4. The van der Waals surface area contributed by atoms with Crippen LogP contribution in [-0.2, 0) is 15.7 Å². The Morgan fingerprint density at radius 2 is 2.19 bits per heavy atom. The first-order valence-electron chi connectivity index (χ1n) is 5.70. The lowest BCUT2D eigenvalue weighted by Crippen LogP contribution is -2.08. The van der Waals surface area contributed by atoms with E-state index in [0.29, 0.717) is 0 Å². The molecule has 8 heteroatoms. The van der Waals surface area contributed by atoms with Crippen molar-refractivity contribution in [2.45, 2.75) is 13.1 Å². The number of alkyl halides is 3. The van der Waals surface area contributed by atoms with E-state index in [9.17, 15) is 18.0 Å². The minimum absolute atomic E-state index is 0.0143. The molecule has 1 rings (SSSR count). The summed E-state index contributed by atoms with van der Waals surface area (Å²) in [7, 11) is 0. The number of benzene rings is 1. The van der Waals surface area contributed by atoms with Crippen LogP contribution in [0.25, 0.3) is 0 Å². The van der Waals surface area contributed by atoms with Gasteiger partial charge in [0.15, 0.2) is 5.57 Å². The van der Waals surface area contributed by atoms with Gasteiger partial charge in [-0.2, -0.15) is 18.4 Å². The molecule has 0 unspecified atom stereocenters. The molecule has 0 aliphatic heterocycles. The van der Waals surface area contributed by atoms with Crippen LogP contribution in [0.5, 0.6) is 0 Å². The van der Waals surface area contributed by atoms with E-state index in [1.807, 2.05) is 0 Å². The minimum Gasteiger partial charge on any atom is -0.462 e. The van der Waals surface area contributed by atoms with Crippen molar-refractivity contribution < 1.29 is 22.7 Å². The fraction of sp³-hybridized carbons (Fsp3) is 0.231. The molecule has 0 fully saturated rings. The minimum atomic E-state index is -4.52. The molecule has 21 heavy (non-hydrogen) atoms. The highest BCUT2D eigenvalue weighted by Gasteiger charge is 2.30. The summed E-state index contributed by atoms with van der Waals surface area (Å²) in [6, 6.07) is 4.25. The third kappa shape index (κ3) is 4.68. The van der Waals surface area contributed by atoms with Crippen molar-refractivity contribution in [1.29, 1.82) is 5.26 Å². The van der Waals surface area contributed by atoms with Gasteiger partial charge in [0, 0.05) is 6.20 Å². The van der Waals surface area contributed by atoms with Gasteiger partial charge in [0.25, 0.3) is 0 Å². The van der Waals surface area contributed by atoms with E-state index in [-0.39, 0.29) is 22.9 Å². The quantitative estimate of drug-likeness (QED) is 0.522. The molecule has 112 valence electrons. The number of carbonyl (C=O) groups excluding carboxylic acids is 1. The molecule has 0 aliphatic rings. The largest absolute Gasteiger partial charge is 0.462 e. The first-order chi connectivity index (χ1) is 9.79. The van der Waals surface area contributed by atoms with E-state index in [4.69, 9.17) is 16.9 Å². The van der Waals surface area contributed by atoms with E-state index in [1.165, 1.54) is 0 Å². The van der Waals surface area contributed by atoms with Gasteiger partial charge in [0.05, 0.1) is 22.9 Å². The maximum atomic E-state index is 12.6. The van der Waals surface area contributed by atoms with Crippen molar-refractivity contribution in [3.05, 3.63) is 40.6 Å². The summed E-state index contributed by atoms with van der Waals surface area (Å²) < 4.78 is 42.4. The zero-order valence-corrected chi connectivity index (χ0v) is 11.5. The van der Waals surface area contributed by atoms with Crippen molar-refractivity contribution in [2.75, 3.05) is 11.9 Å². The molecule has 1 aromatic rings. The molecule has 0 heterocycles. The molecule has 0 spiro atoms. The number of nitrogens with zero attached hydrogens (tertiary/aromatic N) is 1. The molecule has 0 saturated carbocycles. The number of hydrogen-bond donors (Lipinski definition) is 1. The topological polar surface area (TPSA) is 62.1 Å². The number of anilines is 1. The molecule has 0 amide bonds. The zero-order valence-electron chi connectivity index (χ0n) is 10.8. The van der Waals surface area contributed by atoms with Crippen molar-refractivity contribution in [3.8, 4) is 6.07 Å². The summed E-state index contributed by atoms with van der Waals surface area (Å²) in [6.07, 6.45) is -3.58. The van der Waals surface area contributed by atoms with Crippen molar-refractivity contribution in [1.82, 2.24) is 0 Å². The standard InChI is InChI=1S/C13H10ClF3N2O2/c1-2-21-12(20)8(6-18)7-19-11-5-9(13(15,16)17)3-4-10(11)14/h3-5,7,19H,2H2,1H3. The molecule has 0 radical (unpaired) electrons. The van der Waals surface area contributed by atoms with E-state index in [2.05, 4.69) is 10.1 Å². The third-order valence-corrected chi connectivity index (χ3v) is 2.61. The summed E-state index contributed by atoms with van der Waals surface area (Å²) in [5.41, 5.74) is -1.37. The number of hydrogen-bond acceptors (Lipinski definition) is 4. The molecule has 4 nitrogen and oxygen atoms in total. The van der Waals surface area contributed by atoms with E-state index >= 15 is 0 Å². The van der Waals surface area contributed by atoms with Crippen LogP contribution >= 0.6 is 11.6 Å². The number of halogens is 4. The third-order valence-electron chi connectivity index (χ3n) is 2.28. The number of esters is 1. The Morgan fingerprint density at radius 1 is 1.52 bits per heavy atom. The molecule has 0 aromatic heterocycles. The van der Waals surface area contributed by atoms with Gasteiger partial charge in [0.2, 0.25) is 0 Å². The summed E-state index contributed by atoms with van der Waals surface area (Å²) in [5.74, 6) is -0.879. The summed E-state index contributed by atoms with van der Waals surface area (Å²) >= 11 is 5.76. The lowest BCUT2D eigenvalue weighted by Gasteiger charge is -2.10. The Balaban J connectivity index is 3.02. The van der Waals surface area contributed by atoms with Crippen molar-refractivity contribution in [3.63, 3.8) is 0 Å². The number of carbonyl (C=O) groups is 1. The summed E-state index contributed by atoms with van der Waals surface area (Å²) in [4.78, 5) is 11.3. The molecule has 0 bridgehead atoms. The highest BCUT2D eigenvalue weighted by Crippen LogP contribution is 2.33. The fourth-order valence-electron chi connectivity index (χ4n) is 1.31. The summed E-state index contributed by atoms with van der Waals surface area (Å²) in [5, 5.41) is 11.2. The van der Waals surface area contributed by atoms with E-state index < -0.39 is 17.7 Å². The second-order valence-electron chi connectivity index (χ2n) is 3.73. The molecular weight excluding hydrogens is 309 g/mol. The van der Waals surface area contributed by atoms with Crippen LogP contribution in [0, 0.1) is 11.3 Å². The van der Waals surface area contributed by atoms with Crippen LogP contribution in [0.1, 0.15) is 12.5 Å². The highest BCUT2D eigenvalue weighted by atomic mass is 35.5. The second kappa shape index (κ2) is 6.99. The van der Waals surface area contributed by atoms with Gasteiger partial charge < -0.3 is 10.1 Å². The lowest BCUT2D eigenvalue weighted by atomic mass is 10.2. The number of nitriles is 1. The Bertz CT molecular complexity index is 606. The maximum Gasteiger partial charge on any atom is 0.416 e. The van der Waals surface area contributed by atoms with Gasteiger partial charge in [-0.15, -0.1) is 0 Å². The molecule has 0 aliphatic carbocycles. The average molecular weight is 319 g/mol. The van der Waals surface area contributed by atoms with Crippen LogP contribution in [0.2, 0.25) is 5.02 Å². The molecule has 1 aromatic carbocycles. The van der Waals surface area contributed by atoms with Crippen LogP contribution < -0.4 is 5.32 Å². The van der Waals surface area contributed by atoms with Gasteiger partial charge in [-0.05, 0) is 25.1 Å². The second-order valence-corrected chi connectivity index (χ2v) is 4.13.